The number of hydrogen-bond acceptors (Lipinski definition) is 2. The lowest BCUT2D eigenvalue weighted by Gasteiger charge is -2.56. The highest BCUT2D eigenvalue weighted by molar-refractivity contribution is 5.84. The molecule has 0 aliphatic heterocycles. The molecule has 2 unspecified atom stereocenters. The Morgan fingerprint density at radius 2 is 0.778 bits per heavy atom. The van der Waals surface area contributed by atoms with Crippen LogP contribution in [0.25, 0.3) is 0 Å². The Labute approximate surface area is 217 Å². The fraction of sp³-hybridized carbons (Fsp3) is 0.938. The zero-order valence-electron chi connectivity index (χ0n) is 22.3. The van der Waals surface area contributed by atoms with Gasteiger partial charge in [-0.25, -0.2) is 0 Å². The fourth-order valence-electron chi connectivity index (χ4n) is 12.6. The van der Waals surface area contributed by atoms with Crippen LogP contribution in [0.15, 0.2) is 0 Å². The number of hydrogen-bond donors (Lipinski definition) is 2. The summed E-state index contributed by atoms with van der Waals surface area (Å²) in [6, 6.07) is 0.730. The van der Waals surface area contributed by atoms with Crippen molar-refractivity contribution in [1.82, 2.24) is 10.6 Å². The Hall–Kier alpha value is -1.06. The standard InChI is InChI=1S/C32H48N2O2/c35-29(31-13-19-5-20(14-31)7-21(6-19)15-31)33-27-3-1-25-2-4-28(12-26(25)11-27)34-30(36)32-16-22-8-23(17-32)10-24(9-22)18-32/h19-28H,1-18H2,(H,33,35)(H,34,36). The van der Waals surface area contributed by atoms with Crippen molar-refractivity contribution in [1.29, 1.82) is 0 Å². The Morgan fingerprint density at radius 1 is 0.444 bits per heavy atom. The van der Waals surface area contributed by atoms with Gasteiger partial charge in [-0.15, -0.1) is 0 Å². The largest absolute Gasteiger partial charge is 0.353 e. The average Bonchev–Trinajstić information content (AvgIpc) is 2.82. The van der Waals surface area contributed by atoms with Gasteiger partial charge in [0.15, 0.2) is 0 Å². The van der Waals surface area contributed by atoms with Crippen LogP contribution in [0, 0.1) is 58.2 Å². The van der Waals surface area contributed by atoms with Crippen LogP contribution in [0.1, 0.15) is 116 Å². The molecule has 0 saturated heterocycles. The van der Waals surface area contributed by atoms with Crippen LogP contribution in [0.2, 0.25) is 0 Å². The smallest absolute Gasteiger partial charge is 0.226 e. The molecule has 0 aromatic heterocycles. The first-order valence-electron chi connectivity index (χ1n) is 16.1. The monoisotopic (exact) mass is 492 g/mol. The number of carbonyl (C=O) groups is 2. The first-order valence-corrected chi connectivity index (χ1v) is 16.1. The van der Waals surface area contributed by atoms with Gasteiger partial charge in [0.25, 0.3) is 0 Å². The number of carbonyl (C=O) groups excluding carboxylic acids is 2. The van der Waals surface area contributed by atoms with Crippen LogP contribution >= 0.6 is 0 Å². The van der Waals surface area contributed by atoms with Crippen LogP contribution in [0.5, 0.6) is 0 Å². The summed E-state index contributed by atoms with van der Waals surface area (Å²) in [5, 5.41) is 7.25. The molecule has 4 heteroatoms. The summed E-state index contributed by atoms with van der Waals surface area (Å²) in [4.78, 5) is 27.3. The van der Waals surface area contributed by atoms with E-state index in [4.69, 9.17) is 0 Å². The van der Waals surface area contributed by atoms with Crippen molar-refractivity contribution in [2.75, 3.05) is 0 Å². The molecule has 0 aromatic carbocycles. The molecule has 10 saturated carbocycles. The lowest BCUT2D eigenvalue weighted by molar-refractivity contribution is -0.147. The molecule has 10 aliphatic carbocycles. The van der Waals surface area contributed by atoms with Crippen molar-refractivity contribution in [3.8, 4) is 0 Å². The third kappa shape index (κ3) is 3.73. The molecule has 2 amide bonds. The quantitative estimate of drug-likeness (QED) is 0.506. The van der Waals surface area contributed by atoms with Gasteiger partial charge in [-0.3, -0.25) is 9.59 Å². The second-order valence-electron chi connectivity index (χ2n) is 15.9. The Morgan fingerprint density at radius 3 is 1.11 bits per heavy atom. The van der Waals surface area contributed by atoms with E-state index < -0.39 is 0 Å². The van der Waals surface area contributed by atoms with Gasteiger partial charge in [-0.1, -0.05) is 0 Å². The van der Waals surface area contributed by atoms with Gasteiger partial charge < -0.3 is 10.6 Å². The molecule has 0 heterocycles. The highest BCUT2D eigenvalue weighted by Crippen LogP contribution is 2.61. The molecule has 0 aromatic rings. The van der Waals surface area contributed by atoms with E-state index in [1.54, 1.807) is 0 Å². The summed E-state index contributed by atoms with van der Waals surface area (Å²) in [5.74, 6) is 7.30. The van der Waals surface area contributed by atoms with E-state index in [9.17, 15) is 9.59 Å². The van der Waals surface area contributed by atoms with E-state index in [0.717, 1.165) is 54.3 Å². The molecule has 2 atom stereocenters. The molecule has 10 fully saturated rings. The van der Waals surface area contributed by atoms with Crippen LogP contribution in [-0.2, 0) is 9.59 Å². The maximum atomic E-state index is 13.7. The number of nitrogens with one attached hydrogen (secondary N) is 2. The highest BCUT2D eigenvalue weighted by atomic mass is 16.2. The summed E-state index contributed by atoms with van der Waals surface area (Å²) in [6.07, 6.45) is 22.6. The van der Waals surface area contributed by atoms with E-state index in [2.05, 4.69) is 10.6 Å². The molecular formula is C32H48N2O2. The third-order valence-corrected chi connectivity index (χ3v) is 13.3. The third-order valence-electron chi connectivity index (χ3n) is 13.3. The second kappa shape index (κ2) is 8.22. The lowest BCUT2D eigenvalue weighted by Crippen LogP contribution is -2.57. The summed E-state index contributed by atoms with van der Waals surface area (Å²) in [7, 11) is 0. The first kappa shape index (κ1) is 22.9. The van der Waals surface area contributed by atoms with Gasteiger partial charge in [0.2, 0.25) is 11.8 Å². The minimum absolute atomic E-state index is 0.0213. The molecule has 10 rings (SSSR count). The van der Waals surface area contributed by atoms with Crippen LogP contribution < -0.4 is 10.6 Å². The lowest BCUT2D eigenvalue weighted by atomic mass is 9.49. The maximum Gasteiger partial charge on any atom is 0.226 e. The van der Waals surface area contributed by atoms with E-state index in [-0.39, 0.29) is 10.8 Å². The van der Waals surface area contributed by atoms with E-state index in [1.165, 1.54) is 103 Å². The topological polar surface area (TPSA) is 58.2 Å². The van der Waals surface area contributed by atoms with Gasteiger partial charge in [0.1, 0.15) is 0 Å². The molecule has 0 radical (unpaired) electrons. The molecule has 2 N–H and O–H groups in total. The molecule has 10 aliphatic rings. The van der Waals surface area contributed by atoms with E-state index >= 15 is 0 Å². The van der Waals surface area contributed by atoms with Gasteiger partial charge in [-0.2, -0.15) is 0 Å². The minimum Gasteiger partial charge on any atom is -0.353 e. The normalized spacial score (nSPS) is 54.2. The Balaban J connectivity index is 0.891. The molecule has 36 heavy (non-hydrogen) atoms. The molecule has 198 valence electrons. The number of fused-ring (bicyclic) bond motifs is 1. The molecule has 4 nitrogen and oxygen atoms in total. The van der Waals surface area contributed by atoms with Gasteiger partial charge >= 0.3 is 0 Å². The number of rotatable bonds is 4. The molecule has 8 bridgehead atoms. The second-order valence-corrected chi connectivity index (χ2v) is 15.9. The fourth-order valence-corrected chi connectivity index (χ4v) is 12.6. The van der Waals surface area contributed by atoms with E-state index in [1.807, 2.05) is 0 Å². The average molecular weight is 493 g/mol. The van der Waals surface area contributed by atoms with Gasteiger partial charge in [-0.05, 0) is 163 Å². The predicted molar refractivity (Wildman–Crippen MR) is 140 cm³/mol. The van der Waals surface area contributed by atoms with Gasteiger partial charge in [0, 0.05) is 22.9 Å². The molecule has 0 spiro atoms. The van der Waals surface area contributed by atoms with Crippen LogP contribution in [0.3, 0.4) is 0 Å². The van der Waals surface area contributed by atoms with Crippen molar-refractivity contribution in [2.45, 2.75) is 128 Å². The van der Waals surface area contributed by atoms with Crippen molar-refractivity contribution in [3.63, 3.8) is 0 Å². The zero-order chi connectivity index (χ0) is 24.1. The first-order chi connectivity index (χ1) is 17.4. The summed E-state index contributed by atoms with van der Waals surface area (Å²) in [6.45, 7) is 0. The summed E-state index contributed by atoms with van der Waals surface area (Å²) < 4.78 is 0. The minimum atomic E-state index is -0.0213. The van der Waals surface area contributed by atoms with Crippen LogP contribution in [0.4, 0.5) is 0 Å². The van der Waals surface area contributed by atoms with E-state index in [0.29, 0.717) is 29.8 Å². The van der Waals surface area contributed by atoms with Crippen molar-refractivity contribution in [3.05, 3.63) is 0 Å². The van der Waals surface area contributed by atoms with Gasteiger partial charge in [0.05, 0.1) is 0 Å². The molecular weight excluding hydrogens is 444 g/mol. The summed E-state index contributed by atoms with van der Waals surface area (Å²) >= 11 is 0. The predicted octanol–water partition coefficient (Wildman–Crippen LogP) is 5.99. The number of amides is 2. The van der Waals surface area contributed by atoms with Crippen LogP contribution in [-0.4, -0.2) is 23.9 Å². The Kier molecular flexibility index (Phi) is 5.22. The zero-order valence-corrected chi connectivity index (χ0v) is 22.3. The maximum absolute atomic E-state index is 13.7. The van der Waals surface area contributed by atoms with Crippen molar-refractivity contribution in [2.24, 2.45) is 58.2 Å². The SMILES string of the molecule is O=C(NC1CCC2CCC(NC(=O)C34CC5CC(CC(C5)C3)C4)CC2C1)C12CC3CC(CC(C3)C1)C2. The van der Waals surface area contributed by atoms with Crippen molar-refractivity contribution < 1.29 is 9.59 Å². The Bertz CT molecular complexity index is 783. The summed E-state index contributed by atoms with van der Waals surface area (Å²) in [5.41, 5.74) is -0.0426. The highest BCUT2D eigenvalue weighted by Gasteiger charge is 2.56. The van der Waals surface area contributed by atoms with Crippen molar-refractivity contribution >= 4 is 11.8 Å².